The zero-order valence-corrected chi connectivity index (χ0v) is 11.0. The number of hydrogen-bond donors (Lipinski definition) is 2. The molecule has 2 aliphatic rings. The van der Waals surface area contributed by atoms with Crippen molar-refractivity contribution in [1.82, 2.24) is 14.9 Å². The summed E-state index contributed by atoms with van der Waals surface area (Å²) in [5.41, 5.74) is -0.907. The fraction of sp³-hybridized carbons (Fsp3) is 0.800. The molecule has 18 heavy (non-hydrogen) atoms. The molecule has 7 nitrogen and oxygen atoms in total. The summed E-state index contributed by atoms with van der Waals surface area (Å²) < 4.78 is 25.1. The minimum atomic E-state index is -3.22. The first-order chi connectivity index (χ1) is 8.39. The maximum Gasteiger partial charge on any atom is 0.322 e. The van der Waals surface area contributed by atoms with E-state index in [1.54, 1.807) is 0 Å². The summed E-state index contributed by atoms with van der Waals surface area (Å²) in [5, 5.41) is 4.80. The number of hydrogen-bond acceptors (Lipinski definition) is 4. The van der Waals surface area contributed by atoms with Gasteiger partial charge in [-0.3, -0.25) is 10.1 Å². The van der Waals surface area contributed by atoms with Crippen LogP contribution >= 0.6 is 0 Å². The maximum absolute atomic E-state index is 11.9. The number of nitrogens with zero attached hydrogens (tertiary/aromatic N) is 1. The minimum absolute atomic E-state index is 0.124. The summed E-state index contributed by atoms with van der Waals surface area (Å²) in [6.45, 7) is 2.36. The SMILES string of the molecule is CCCS(=O)(=O)N1CCC2(CC1)NC(=O)NC2=O. The normalized spacial score (nSPS) is 24.1. The van der Waals surface area contributed by atoms with E-state index in [2.05, 4.69) is 10.6 Å². The van der Waals surface area contributed by atoms with E-state index in [4.69, 9.17) is 0 Å². The van der Waals surface area contributed by atoms with E-state index in [0.717, 1.165) is 0 Å². The lowest BCUT2D eigenvalue weighted by atomic mass is 9.89. The molecule has 3 amide bonds. The summed E-state index contributed by atoms with van der Waals surface area (Å²) in [4.78, 5) is 22.8. The quantitative estimate of drug-likeness (QED) is 0.672. The Morgan fingerprint density at radius 1 is 1.28 bits per heavy atom. The molecule has 8 heteroatoms. The second-order valence-electron chi connectivity index (χ2n) is 4.71. The zero-order chi connectivity index (χ0) is 13.4. The van der Waals surface area contributed by atoms with Crippen molar-refractivity contribution in [2.45, 2.75) is 31.7 Å². The number of carbonyl (C=O) groups is 2. The van der Waals surface area contributed by atoms with E-state index in [1.165, 1.54) is 4.31 Å². The molecule has 2 aliphatic heterocycles. The number of amides is 3. The van der Waals surface area contributed by atoms with Crippen LogP contribution in [0.2, 0.25) is 0 Å². The molecule has 0 unspecified atom stereocenters. The van der Waals surface area contributed by atoms with Crippen LogP contribution in [0.25, 0.3) is 0 Å². The van der Waals surface area contributed by atoms with E-state index in [9.17, 15) is 18.0 Å². The highest BCUT2D eigenvalue weighted by Crippen LogP contribution is 2.27. The van der Waals surface area contributed by atoms with Gasteiger partial charge in [-0.1, -0.05) is 6.92 Å². The van der Waals surface area contributed by atoms with E-state index in [1.807, 2.05) is 6.92 Å². The molecular formula is C10H17N3O4S. The molecule has 2 saturated heterocycles. The lowest BCUT2D eigenvalue weighted by molar-refractivity contribution is -0.125. The van der Waals surface area contributed by atoms with Crippen LogP contribution in [0.3, 0.4) is 0 Å². The van der Waals surface area contributed by atoms with E-state index >= 15 is 0 Å². The standard InChI is InChI=1S/C10H17N3O4S/c1-2-7-18(16,17)13-5-3-10(4-6-13)8(14)11-9(15)12-10/h2-7H2,1H3,(H2,11,12,14,15). The van der Waals surface area contributed by atoms with E-state index in [-0.39, 0.29) is 24.7 Å². The van der Waals surface area contributed by atoms with Crippen LogP contribution in [0.1, 0.15) is 26.2 Å². The van der Waals surface area contributed by atoms with Gasteiger partial charge in [0.1, 0.15) is 5.54 Å². The predicted octanol–water partition coefficient (Wildman–Crippen LogP) is -0.600. The maximum atomic E-state index is 11.9. The summed E-state index contributed by atoms with van der Waals surface area (Å²) >= 11 is 0. The fourth-order valence-electron chi connectivity index (χ4n) is 2.41. The van der Waals surface area contributed by atoms with Gasteiger partial charge in [0, 0.05) is 13.1 Å². The molecule has 0 aromatic rings. The van der Waals surface area contributed by atoms with Crippen LogP contribution in [0.15, 0.2) is 0 Å². The third-order valence-corrected chi connectivity index (χ3v) is 5.52. The van der Waals surface area contributed by atoms with Gasteiger partial charge >= 0.3 is 6.03 Å². The van der Waals surface area contributed by atoms with Gasteiger partial charge in [-0.2, -0.15) is 0 Å². The van der Waals surface area contributed by atoms with Crippen molar-refractivity contribution in [2.24, 2.45) is 0 Å². The molecule has 2 heterocycles. The van der Waals surface area contributed by atoms with Crippen LogP contribution < -0.4 is 10.6 Å². The highest BCUT2D eigenvalue weighted by Gasteiger charge is 2.49. The van der Waals surface area contributed by atoms with Crippen LogP contribution in [0.5, 0.6) is 0 Å². The second kappa shape index (κ2) is 4.51. The third kappa shape index (κ3) is 2.22. The monoisotopic (exact) mass is 275 g/mol. The van der Waals surface area contributed by atoms with Crippen LogP contribution in [-0.2, 0) is 14.8 Å². The first-order valence-corrected chi connectivity index (χ1v) is 7.62. The molecule has 0 atom stereocenters. The van der Waals surface area contributed by atoms with Crippen molar-refractivity contribution in [2.75, 3.05) is 18.8 Å². The fourth-order valence-corrected chi connectivity index (χ4v) is 3.93. The topological polar surface area (TPSA) is 95.6 Å². The molecule has 0 aliphatic carbocycles. The van der Waals surface area contributed by atoms with Gasteiger partial charge in [-0.05, 0) is 19.3 Å². The number of carbonyl (C=O) groups excluding carboxylic acids is 2. The molecule has 0 aromatic carbocycles. The summed E-state index contributed by atoms with van der Waals surface area (Å²) in [6, 6.07) is -0.495. The molecule has 0 bridgehead atoms. The van der Waals surface area contributed by atoms with Gasteiger partial charge in [-0.25, -0.2) is 17.5 Å². The van der Waals surface area contributed by atoms with E-state index < -0.39 is 21.6 Å². The second-order valence-corrected chi connectivity index (χ2v) is 6.79. The minimum Gasteiger partial charge on any atom is -0.323 e. The average molecular weight is 275 g/mol. The lowest BCUT2D eigenvalue weighted by Gasteiger charge is -2.36. The lowest BCUT2D eigenvalue weighted by Crippen LogP contribution is -2.55. The van der Waals surface area contributed by atoms with Gasteiger partial charge < -0.3 is 5.32 Å². The number of piperidine rings is 1. The van der Waals surface area contributed by atoms with Crippen molar-refractivity contribution in [3.63, 3.8) is 0 Å². The van der Waals surface area contributed by atoms with Gasteiger partial charge in [0.2, 0.25) is 10.0 Å². The first kappa shape index (κ1) is 13.3. The number of urea groups is 1. The highest BCUT2D eigenvalue weighted by molar-refractivity contribution is 7.89. The average Bonchev–Trinajstić information content (AvgIpc) is 2.54. The van der Waals surface area contributed by atoms with Crippen molar-refractivity contribution in [3.8, 4) is 0 Å². The molecule has 102 valence electrons. The molecular weight excluding hydrogens is 258 g/mol. The zero-order valence-electron chi connectivity index (χ0n) is 10.2. The Morgan fingerprint density at radius 3 is 2.33 bits per heavy atom. The number of imide groups is 1. The first-order valence-electron chi connectivity index (χ1n) is 6.01. The number of sulfonamides is 1. The predicted molar refractivity (Wildman–Crippen MR) is 64.3 cm³/mol. The van der Waals surface area contributed by atoms with Crippen molar-refractivity contribution >= 4 is 22.0 Å². The molecule has 2 fully saturated rings. The van der Waals surface area contributed by atoms with Crippen molar-refractivity contribution in [3.05, 3.63) is 0 Å². The molecule has 1 spiro atoms. The Bertz CT molecular complexity index is 466. The molecule has 2 N–H and O–H groups in total. The largest absolute Gasteiger partial charge is 0.323 e. The smallest absolute Gasteiger partial charge is 0.322 e. The van der Waals surface area contributed by atoms with E-state index in [0.29, 0.717) is 19.3 Å². The van der Waals surface area contributed by atoms with Crippen LogP contribution in [0.4, 0.5) is 4.79 Å². The Morgan fingerprint density at radius 2 is 1.89 bits per heavy atom. The number of rotatable bonds is 3. The van der Waals surface area contributed by atoms with Crippen LogP contribution in [0, 0.1) is 0 Å². The third-order valence-electron chi connectivity index (χ3n) is 3.45. The Balaban J connectivity index is 2.05. The van der Waals surface area contributed by atoms with Gasteiger partial charge in [-0.15, -0.1) is 0 Å². The molecule has 0 saturated carbocycles. The Hall–Kier alpha value is -1.15. The van der Waals surface area contributed by atoms with Crippen molar-refractivity contribution in [1.29, 1.82) is 0 Å². The summed E-state index contributed by atoms with van der Waals surface area (Å²) in [5.74, 6) is -0.224. The molecule has 0 aromatic heterocycles. The molecule has 0 radical (unpaired) electrons. The van der Waals surface area contributed by atoms with Gasteiger partial charge in [0.25, 0.3) is 5.91 Å². The Labute approximate surface area is 106 Å². The van der Waals surface area contributed by atoms with Crippen LogP contribution in [-0.4, -0.2) is 49.0 Å². The summed E-state index contributed by atoms with van der Waals surface area (Å²) in [7, 11) is -3.22. The van der Waals surface area contributed by atoms with Crippen molar-refractivity contribution < 1.29 is 18.0 Å². The summed E-state index contributed by atoms with van der Waals surface area (Å²) in [6.07, 6.45) is 1.22. The highest BCUT2D eigenvalue weighted by atomic mass is 32.2. The number of nitrogens with one attached hydrogen (secondary N) is 2. The molecule has 2 rings (SSSR count). The van der Waals surface area contributed by atoms with Gasteiger partial charge in [0.15, 0.2) is 0 Å². The Kier molecular flexibility index (Phi) is 3.33. The van der Waals surface area contributed by atoms with Gasteiger partial charge in [0.05, 0.1) is 5.75 Å².